The average molecular weight is 249 g/mol. The lowest BCUT2D eigenvalue weighted by Crippen LogP contribution is -2.40. The minimum Gasteiger partial charge on any atom is -0.399 e. The van der Waals surface area contributed by atoms with Gasteiger partial charge in [-0.25, -0.2) is 0 Å². The molecule has 1 aromatic carbocycles. The summed E-state index contributed by atoms with van der Waals surface area (Å²) in [6, 6.07) is 7.73. The molecule has 0 spiro atoms. The van der Waals surface area contributed by atoms with E-state index < -0.39 is 0 Å². The molecule has 1 aromatic rings. The summed E-state index contributed by atoms with van der Waals surface area (Å²) in [5.41, 5.74) is 7.20. The lowest BCUT2D eigenvalue weighted by atomic mass is 10.2. The van der Waals surface area contributed by atoms with Gasteiger partial charge in [-0.2, -0.15) is 0 Å². The molecule has 0 radical (unpaired) electrons. The minimum atomic E-state index is 0.0857. The largest absolute Gasteiger partial charge is 0.399 e. The van der Waals surface area contributed by atoms with Gasteiger partial charge in [-0.05, 0) is 44.7 Å². The minimum absolute atomic E-state index is 0.0857. The Labute approximate surface area is 109 Å². The zero-order chi connectivity index (χ0) is 13.7. The number of hydrogen-bond acceptors (Lipinski definition) is 3. The molecule has 0 saturated heterocycles. The van der Waals surface area contributed by atoms with Crippen molar-refractivity contribution in [2.45, 2.75) is 26.3 Å². The van der Waals surface area contributed by atoms with Gasteiger partial charge in [0.15, 0.2) is 0 Å². The van der Waals surface area contributed by atoms with E-state index in [1.54, 1.807) is 24.1 Å². The molecule has 1 amide bonds. The van der Waals surface area contributed by atoms with E-state index in [1.807, 2.05) is 19.2 Å². The Bertz CT molecular complexity index is 389. The van der Waals surface area contributed by atoms with Crippen LogP contribution < -0.4 is 10.6 Å². The number of anilines is 2. The van der Waals surface area contributed by atoms with Gasteiger partial charge in [0.2, 0.25) is 5.91 Å². The second kappa shape index (κ2) is 6.40. The molecule has 0 fully saturated rings. The van der Waals surface area contributed by atoms with E-state index in [0.29, 0.717) is 18.3 Å². The summed E-state index contributed by atoms with van der Waals surface area (Å²) in [6.07, 6.45) is 1.04. The van der Waals surface area contributed by atoms with Crippen LogP contribution in [0.15, 0.2) is 24.3 Å². The summed E-state index contributed by atoms with van der Waals surface area (Å²) in [5.74, 6) is 0.0857. The van der Waals surface area contributed by atoms with Crippen molar-refractivity contribution in [1.82, 2.24) is 4.90 Å². The lowest BCUT2D eigenvalue weighted by Gasteiger charge is -2.26. The van der Waals surface area contributed by atoms with Gasteiger partial charge < -0.3 is 10.6 Å². The zero-order valence-electron chi connectivity index (χ0n) is 11.7. The molecule has 1 atom stereocenters. The van der Waals surface area contributed by atoms with Crippen LogP contribution in [0.3, 0.4) is 0 Å². The number of carbonyl (C=O) groups is 1. The fourth-order valence-corrected chi connectivity index (χ4v) is 1.63. The molecule has 1 rings (SSSR count). The third-order valence-corrected chi connectivity index (χ3v) is 3.38. The Kier molecular flexibility index (Phi) is 5.16. The summed E-state index contributed by atoms with van der Waals surface area (Å²) in [6.45, 7) is 4.67. The van der Waals surface area contributed by atoms with Gasteiger partial charge >= 0.3 is 0 Å². The Morgan fingerprint density at radius 1 is 1.28 bits per heavy atom. The first-order chi connectivity index (χ1) is 8.45. The van der Waals surface area contributed by atoms with E-state index in [0.717, 1.165) is 12.1 Å². The van der Waals surface area contributed by atoms with Crippen molar-refractivity contribution in [3.05, 3.63) is 24.3 Å². The van der Waals surface area contributed by atoms with Crippen molar-refractivity contribution in [3.8, 4) is 0 Å². The van der Waals surface area contributed by atoms with Crippen LogP contribution >= 0.6 is 0 Å². The molecule has 18 heavy (non-hydrogen) atoms. The number of nitrogens with zero attached hydrogens (tertiary/aromatic N) is 2. The van der Waals surface area contributed by atoms with Gasteiger partial charge in [-0.3, -0.25) is 9.69 Å². The Balaban J connectivity index is 2.64. The van der Waals surface area contributed by atoms with E-state index in [2.05, 4.69) is 18.7 Å². The van der Waals surface area contributed by atoms with Crippen LogP contribution in [0, 0.1) is 0 Å². The average Bonchev–Trinajstić information content (AvgIpc) is 2.37. The van der Waals surface area contributed by atoms with E-state index in [1.165, 1.54) is 0 Å². The molecule has 0 aliphatic heterocycles. The monoisotopic (exact) mass is 249 g/mol. The number of likely N-dealkylation sites (N-methyl/N-ethyl adjacent to an activating group) is 2. The SMILES string of the molecule is CCC(C)N(C)CC(=O)N(C)c1ccc(N)cc1. The van der Waals surface area contributed by atoms with Crippen molar-refractivity contribution in [2.75, 3.05) is 31.3 Å². The van der Waals surface area contributed by atoms with Crippen LogP contribution in [0.1, 0.15) is 20.3 Å². The molecule has 0 bridgehead atoms. The predicted molar refractivity (Wildman–Crippen MR) is 76.6 cm³/mol. The van der Waals surface area contributed by atoms with Crippen LogP contribution in [0.5, 0.6) is 0 Å². The van der Waals surface area contributed by atoms with E-state index in [4.69, 9.17) is 5.73 Å². The van der Waals surface area contributed by atoms with E-state index in [-0.39, 0.29) is 5.91 Å². The van der Waals surface area contributed by atoms with Crippen LogP contribution in [0.2, 0.25) is 0 Å². The first-order valence-corrected chi connectivity index (χ1v) is 6.28. The third kappa shape index (κ3) is 3.74. The number of nitrogens with two attached hydrogens (primary N) is 1. The molecular formula is C14H23N3O. The molecular weight excluding hydrogens is 226 g/mol. The Morgan fingerprint density at radius 3 is 2.33 bits per heavy atom. The van der Waals surface area contributed by atoms with Gasteiger partial charge in [0.25, 0.3) is 0 Å². The number of nitrogen functional groups attached to an aromatic ring is 1. The molecule has 0 saturated carbocycles. The molecule has 4 heteroatoms. The maximum absolute atomic E-state index is 12.1. The van der Waals surface area contributed by atoms with E-state index in [9.17, 15) is 4.79 Å². The standard InChI is InChI=1S/C14H23N3O/c1-5-11(2)16(3)10-14(18)17(4)13-8-6-12(15)7-9-13/h6-9,11H,5,10,15H2,1-4H3. The first kappa shape index (κ1) is 14.5. The van der Waals surface area contributed by atoms with Crippen molar-refractivity contribution in [1.29, 1.82) is 0 Å². The Morgan fingerprint density at radius 2 is 1.83 bits per heavy atom. The summed E-state index contributed by atoms with van der Waals surface area (Å²) >= 11 is 0. The second-order valence-corrected chi connectivity index (χ2v) is 4.72. The van der Waals surface area contributed by atoms with Crippen molar-refractivity contribution in [2.24, 2.45) is 0 Å². The summed E-state index contributed by atoms with van der Waals surface area (Å²) in [4.78, 5) is 15.8. The molecule has 0 aliphatic carbocycles. The van der Waals surface area contributed by atoms with Crippen LogP contribution in [-0.4, -0.2) is 37.5 Å². The van der Waals surface area contributed by atoms with Gasteiger partial charge in [-0.15, -0.1) is 0 Å². The van der Waals surface area contributed by atoms with Gasteiger partial charge in [-0.1, -0.05) is 6.92 Å². The Hall–Kier alpha value is -1.55. The molecule has 2 N–H and O–H groups in total. The number of amides is 1. The van der Waals surface area contributed by atoms with Crippen LogP contribution in [0.4, 0.5) is 11.4 Å². The van der Waals surface area contributed by atoms with Crippen LogP contribution in [0.25, 0.3) is 0 Å². The van der Waals surface area contributed by atoms with Crippen molar-refractivity contribution in [3.63, 3.8) is 0 Å². The predicted octanol–water partition coefficient (Wildman–Crippen LogP) is 1.96. The van der Waals surface area contributed by atoms with Crippen molar-refractivity contribution >= 4 is 17.3 Å². The highest BCUT2D eigenvalue weighted by molar-refractivity contribution is 5.94. The smallest absolute Gasteiger partial charge is 0.240 e. The molecule has 0 aromatic heterocycles. The number of hydrogen-bond donors (Lipinski definition) is 1. The number of carbonyl (C=O) groups excluding carboxylic acids is 1. The summed E-state index contributed by atoms with van der Waals surface area (Å²) < 4.78 is 0. The topological polar surface area (TPSA) is 49.6 Å². The number of benzene rings is 1. The molecule has 100 valence electrons. The van der Waals surface area contributed by atoms with E-state index >= 15 is 0 Å². The number of rotatable bonds is 5. The highest BCUT2D eigenvalue weighted by atomic mass is 16.2. The van der Waals surface area contributed by atoms with Gasteiger partial charge in [0.1, 0.15) is 0 Å². The fraction of sp³-hybridized carbons (Fsp3) is 0.500. The van der Waals surface area contributed by atoms with Gasteiger partial charge in [0.05, 0.1) is 6.54 Å². The molecule has 0 heterocycles. The highest BCUT2D eigenvalue weighted by Gasteiger charge is 2.15. The lowest BCUT2D eigenvalue weighted by molar-refractivity contribution is -0.119. The van der Waals surface area contributed by atoms with Crippen LogP contribution in [-0.2, 0) is 4.79 Å². The summed E-state index contributed by atoms with van der Waals surface area (Å²) in [5, 5.41) is 0. The maximum atomic E-state index is 12.1. The molecule has 1 unspecified atom stereocenters. The van der Waals surface area contributed by atoms with Crippen molar-refractivity contribution < 1.29 is 4.79 Å². The quantitative estimate of drug-likeness (QED) is 0.812. The highest BCUT2D eigenvalue weighted by Crippen LogP contribution is 2.15. The van der Waals surface area contributed by atoms with Gasteiger partial charge in [0, 0.05) is 24.5 Å². The fourth-order valence-electron chi connectivity index (χ4n) is 1.63. The zero-order valence-corrected chi connectivity index (χ0v) is 11.7. The third-order valence-electron chi connectivity index (χ3n) is 3.38. The second-order valence-electron chi connectivity index (χ2n) is 4.72. The maximum Gasteiger partial charge on any atom is 0.240 e. The first-order valence-electron chi connectivity index (χ1n) is 6.28. The molecule has 0 aliphatic rings. The molecule has 4 nitrogen and oxygen atoms in total. The summed E-state index contributed by atoms with van der Waals surface area (Å²) in [7, 11) is 3.77. The normalized spacial score (nSPS) is 12.5.